The van der Waals surface area contributed by atoms with Gasteiger partial charge in [-0.3, -0.25) is 0 Å². The molecule has 5 heteroatoms. The molecule has 0 bridgehead atoms. The van der Waals surface area contributed by atoms with Crippen molar-refractivity contribution in [2.45, 2.75) is 45.7 Å². The molecule has 0 aliphatic carbocycles. The Bertz CT molecular complexity index is 364. The number of aryl methyl sites for hydroxylation is 2. The van der Waals surface area contributed by atoms with Gasteiger partial charge in [-0.2, -0.15) is 0 Å². The Hall–Kier alpha value is -0.840. The van der Waals surface area contributed by atoms with Gasteiger partial charge in [0.2, 0.25) is 6.33 Å². The van der Waals surface area contributed by atoms with Crippen molar-refractivity contribution in [3.05, 3.63) is 18.7 Å². The van der Waals surface area contributed by atoms with Gasteiger partial charge in [-0.1, -0.05) is 13.3 Å². The summed E-state index contributed by atoms with van der Waals surface area (Å²) in [7, 11) is -2.20. The molecule has 0 aliphatic rings. The molecule has 16 heavy (non-hydrogen) atoms. The van der Waals surface area contributed by atoms with Gasteiger partial charge in [0.1, 0.15) is 23.1 Å². The molecular formula is C11H21N2O2S+. The molecule has 0 unspecified atom stereocenters. The summed E-state index contributed by atoms with van der Waals surface area (Å²) in [5.74, 6) is 0.312. The maximum atomic E-state index is 10.4. The quantitative estimate of drug-likeness (QED) is 0.421. The molecule has 1 heterocycles. The summed E-state index contributed by atoms with van der Waals surface area (Å²) in [6.45, 7) is 4.15. The third-order valence-electron chi connectivity index (χ3n) is 2.52. The van der Waals surface area contributed by atoms with E-state index >= 15 is 0 Å². The predicted molar refractivity (Wildman–Crippen MR) is 64.0 cm³/mol. The first-order chi connectivity index (χ1) is 7.72. The van der Waals surface area contributed by atoms with Gasteiger partial charge in [0, 0.05) is 5.75 Å². The molecule has 0 atom stereocenters. The molecule has 0 N–H and O–H groups in total. The predicted octanol–water partition coefficient (Wildman–Crippen LogP) is 0.967. The second-order valence-corrected chi connectivity index (χ2v) is 5.12. The molecule has 1 aromatic rings. The average molecular weight is 245 g/mol. The number of nitrogens with zero attached hydrogens (tertiary/aromatic N) is 2. The van der Waals surface area contributed by atoms with Crippen LogP contribution < -0.4 is 4.57 Å². The van der Waals surface area contributed by atoms with Crippen LogP contribution in [-0.4, -0.2) is 18.7 Å². The van der Waals surface area contributed by atoms with Crippen LogP contribution in [0.5, 0.6) is 0 Å². The third-order valence-corrected chi connectivity index (χ3v) is 3.20. The van der Waals surface area contributed by atoms with Gasteiger partial charge in [0.15, 0.2) is 0 Å². The van der Waals surface area contributed by atoms with Crippen LogP contribution in [0, 0.1) is 0 Å². The molecule has 0 saturated heterocycles. The number of rotatable bonds is 8. The number of hydrogen-bond donors (Lipinski definition) is 1. The minimum Gasteiger partial charge on any atom is -0.237 e. The van der Waals surface area contributed by atoms with Crippen LogP contribution in [0.3, 0.4) is 0 Å². The monoisotopic (exact) mass is 245 g/mol. The lowest BCUT2D eigenvalue weighted by Crippen LogP contribution is -2.31. The summed E-state index contributed by atoms with van der Waals surface area (Å²) in [6.07, 6.45) is 10.3. The molecule has 0 aliphatic heterocycles. The van der Waals surface area contributed by atoms with E-state index in [-0.39, 0.29) is 0 Å². The van der Waals surface area contributed by atoms with Gasteiger partial charge < -0.3 is 0 Å². The van der Waals surface area contributed by atoms with Crippen molar-refractivity contribution < 1.29 is 13.0 Å². The smallest absolute Gasteiger partial charge is 0.237 e. The zero-order valence-electron chi connectivity index (χ0n) is 9.84. The average Bonchev–Trinajstić information content (AvgIpc) is 2.69. The van der Waals surface area contributed by atoms with Crippen LogP contribution in [0.4, 0.5) is 0 Å². The summed E-state index contributed by atoms with van der Waals surface area (Å²) in [5.41, 5.74) is 0. The Balaban J connectivity index is 2.23. The summed E-state index contributed by atoms with van der Waals surface area (Å²) in [4.78, 5) is 0. The molecule has 92 valence electrons. The SMILES string of the molecule is CCCCn1cc[n+](CCCC[SH](=O)=O)c1. The number of aromatic nitrogens is 2. The maximum absolute atomic E-state index is 10.4. The van der Waals surface area contributed by atoms with E-state index in [9.17, 15) is 8.42 Å². The second kappa shape index (κ2) is 7.44. The third kappa shape index (κ3) is 5.30. The van der Waals surface area contributed by atoms with E-state index < -0.39 is 10.7 Å². The fourth-order valence-electron chi connectivity index (χ4n) is 1.58. The highest BCUT2D eigenvalue weighted by Gasteiger charge is 2.02. The van der Waals surface area contributed by atoms with Crippen LogP contribution in [0.15, 0.2) is 18.7 Å². The highest BCUT2D eigenvalue weighted by molar-refractivity contribution is 7.72. The number of unbranched alkanes of at least 4 members (excludes halogenated alkanes) is 2. The molecule has 0 amide bonds. The van der Waals surface area contributed by atoms with Gasteiger partial charge >= 0.3 is 0 Å². The highest BCUT2D eigenvalue weighted by atomic mass is 32.2. The molecular weight excluding hydrogens is 224 g/mol. The fourth-order valence-corrected chi connectivity index (χ4v) is 2.06. The van der Waals surface area contributed by atoms with Gasteiger partial charge in [-0.15, -0.1) is 0 Å². The van der Waals surface area contributed by atoms with Crippen molar-refractivity contribution in [1.82, 2.24) is 4.57 Å². The Labute approximate surface area is 98.9 Å². The summed E-state index contributed by atoms with van der Waals surface area (Å²) < 4.78 is 25.0. The minimum absolute atomic E-state index is 0.312. The van der Waals surface area contributed by atoms with E-state index in [4.69, 9.17) is 0 Å². The highest BCUT2D eigenvalue weighted by Crippen LogP contribution is 1.94. The first kappa shape index (κ1) is 13.2. The molecule has 0 aromatic carbocycles. The summed E-state index contributed by atoms with van der Waals surface area (Å²) in [6, 6.07) is 0. The van der Waals surface area contributed by atoms with Crippen molar-refractivity contribution in [2.75, 3.05) is 5.75 Å². The van der Waals surface area contributed by atoms with Gasteiger partial charge in [0.25, 0.3) is 0 Å². The lowest BCUT2D eigenvalue weighted by atomic mass is 10.3. The fraction of sp³-hybridized carbons (Fsp3) is 0.727. The van der Waals surface area contributed by atoms with Crippen LogP contribution >= 0.6 is 0 Å². The normalized spacial score (nSPS) is 11.1. The Kier molecular flexibility index (Phi) is 6.15. The van der Waals surface area contributed by atoms with Crippen LogP contribution in [0.1, 0.15) is 32.6 Å². The molecule has 1 rings (SSSR count). The molecule has 1 aromatic heterocycles. The van der Waals surface area contributed by atoms with Crippen molar-refractivity contribution >= 4 is 10.7 Å². The van der Waals surface area contributed by atoms with Gasteiger partial charge in [-0.05, 0) is 19.3 Å². The molecule has 0 radical (unpaired) electrons. The lowest BCUT2D eigenvalue weighted by Gasteiger charge is -1.95. The molecule has 4 nitrogen and oxygen atoms in total. The van der Waals surface area contributed by atoms with Gasteiger partial charge in [-0.25, -0.2) is 17.6 Å². The van der Waals surface area contributed by atoms with Crippen molar-refractivity contribution in [3.8, 4) is 0 Å². The number of thiol groups is 1. The van der Waals surface area contributed by atoms with Crippen molar-refractivity contribution in [2.24, 2.45) is 0 Å². The van der Waals surface area contributed by atoms with Crippen LogP contribution in [0.25, 0.3) is 0 Å². The number of imidazole rings is 1. The topological polar surface area (TPSA) is 43.0 Å². The molecule has 0 spiro atoms. The van der Waals surface area contributed by atoms with E-state index in [0.29, 0.717) is 5.75 Å². The van der Waals surface area contributed by atoms with E-state index in [1.807, 2.05) is 6.20 Å². The van der Waals surface area contributed by atoms with Crippen molar-refractivity contribution in [3.63, 3.8) is 0 Å². The minimum atomic E-state index is -2.20. The standard InChI is InChI=1S/C11H21N2O2S/c1-2-3-6-12-8-9-13(11-12)7-4-5-10-16(14)15/h8-9,11,16H,2-7,10H2,1H3/q+1. The first-order valence-corrected chi connectivity index (χ1v) is 7.25. The van der Waals surface area contributed by atoms with Gasteiger partial charge in [0.05, 0.1) is 13.1 Å². The maximum Gasteiger partial charge on any atom is 0.243 e. The zero-order chi connectivity index (χ0) is 11.8. The second-order valence-electron chi connectivity index (χ2n) is 4.01. The Morgan fingerprint density at radius 1 is 1.25 bits per heavy atom. The Morgan fingerprint density at radius 3 is 2.75 bits per heavy atom. The molecule has 0 saturated carbocycles. The number of hydrogen-bond acceptors (Lipinski definition) is 2. The van der Waals surface area contributed by atoms with Crippen LogP contribution in [0.2, 0.25) is 0 Å². The van der Waals surface area contributed by atoms with E-state index in [2.05, 4.69) is 28.6 Å². The molecule has 0 fully saturated rings. The summed E-state index contributed by atoms with van der Waals surface area (Å²) in [5, 5.41) is 0. The van der Waals surface area contributed by atoms with E-state index in [0.717, 1.165) is 25.9 Å². The zero-order valence-corrected chi connectivity index (χ0v) is 10.7. The first-order valence-electron chi connectivity index (χ1n) is 5.89. The Morgan fingerprint density at radius 2 is 2.06 bits per heavy atom. The van der Waals surface area contributed by atoms with Crippen molar-refractivity contribution in [1.29, 1.82) is 0 Å². The largest absolute Gasteiger partial charge is 0.243 e. The lowest BCUT2D eigenvalue weighted by molar-refractivity contribution is -0.696. The van der Waals surface area contributed by atoms with E-state index in [1.165, 1.54) is 12.8 Å². The van der Waals surface area contributed by atoms with Crippen LogP contribution in [-0.2, 0) is 23.8 Å². The van der Waals surface area contributed by atoms with E-state index in [1.54, 1.807) is 0 Å². The summed E-state index contributed by atoms with van der Waals surface area (Å²) >= 11 is 0.